The van der Waals surface area contributed by atoms with Crippen LogP contribution in [0.15, 0.2) is 36.4 Å². The van der Waals surface area contributed by atoms with Crippen LogP contribution in [-0.4, -0.2) is 20.9 Å². The number of halogens is 3. The zero-order valence-electron chi connectivity index (χ0n) is 11.1. The number of aromatic nitrogens is 2. The first-order chi connectivity index (χ1) is 10.5. The molecule has 0 spiro atoms. The second-order valence-electron chi connectivity index (χ2n) is 4.71. The first-order valence-electron chi connectivity index (χ1n) is 6.29. The molecule has 0 saturated carbocycles. The molecule has 7 heteroatoms. The van der Waals surface area contributed by atoms with Crippen LogP contribution in [0.25, 0.3) is 10.9 Å². The summed E-state index contributed by atoms with van der Waals surface area (Å²) < 4.78 is 27.8. The van der Waals surface area contributed by atoms with Crippen molar-refractivity contribution in [2.45, 2.75) is 6.54 Å². The van der Waals surface area contributed by atoms with Gasteiger partial charge in [-0.15, -0.1) is 0 Å². The highest BCUT2D eigenvalue weighted by atomic mass is 35.5. The van der Waals surface area contributed by atoms with Gasteiger partial charge in [-0.05, 0) is 35.9 Å². The van der Waals surface area contributed by atoms with E-state index in [2.05, 4.69) is 5.10 Å². The summed E-state index contributed by atoms with van der Waals surface area (Å²) in [5, 5.41) is 13.7. The molecule has 1 heterocycles. The highest BCUT2D eigenvalue weighted by Gasteiger charge is 2.17. The predicted octanol–water partition coefficient (Wildman–Crippen LogP) is 3.71. The van der Waals surface area contributed by atoms with E-state index in [0.717, 1.165) is 6.07 Å². The molecular weight excluding hydrogens is 314 g/mol. The molecule has 0 aliphatic rings. The number of hydrogen-bond acceptors (Lipinski definition) is 2. The molecule has 0 bridgehead atoms. The second-order valence-corrected chi connectivity index (χ2v) is 5.12. The Balaban J connectivity index is 2.14. The fourth-order valence-electron chi connectivity index (χ4n) is 2.24. The van der Waals surface area contributed by atoms with Crippen LogP contribution in [0.5, 0.6) is 0 Å². The standard InChI is InChI=1S/C15H9ClF2N2O2/c16-12-5-9(17)2-1-8(12)7-20-13-6-10(18)3-4-11(13)14(19-20)15(21)22/h1-6H,7H2,(H,21,22). The Morgan fingerprint density at radius 1 is 1.18 bits per heavy atom. The fourth-order valence-corrected chi connectivity index (χ4v) is 2.46. The third-order valence-corrected chi connectivity index (χ3v) is 3.60. The molecule has 4 nitrogen and oxygen atoms in total. The van der Waals surface area contributed by atoms with Crippen molar-refractivity contribution in [1.29, 1.82) is 0 Å². The molecule has 3 rings (SSSR count). The second kappa shape index (κ2) is 5.38. The summed E-state index contributed by atoms with van der Waals surface area (Å²) >= 11 is 5.96. The molecule has 0 unspecified atom stereocenters. The average molecular weight is 323 g/mol. The summed E-state index contributed by atoms with van der Waals surface area (Å²) in [4.78, 5) is 11.2. The maximum absolute atomic E-state index is 13.4. The maximum Gasteiger partial charge on any atom is 0.357 e. The van der Waals surface area contributed by atoms with Gasteiger partial charge in [-0.3, -0.25) is 4.68 Å². The number of nitrogens with zero attached hydrogens (tertiary/aromatic N) is 2. The van der Waals surface area contributed by atoms with Crippen LogP contribution in [-0.2, 0) is 6.54 Å². The molecule has 0 aliphatic carbocycles. The van der Waals surface area contributed by atoms with Crippen molar-refractivity contribution in [3.05, 3.63) is 64.3 Å². The molecule has 0 atom stereocenters. The lowest BCUT2D eigenvalue weighted by Crippen LogP contribution is -2.05. The molecule has 22 heavy (non-hydrogen) atoms. The van der Waals surface area contributed by atoms with Crippen molar-refractivity contribution < 1.29 is 18.7 Å². The van der Waals surface area contributed by atoms with Gasteiger partial charge in [0.1, 0.15) is 11.6 Å². The summed E-state index contributed by atoms with van der Waals surface area (Å²) in [6, 6.07) is 7.61. The van der Waals surface area contributed by atoms with Gasteiger partial charge in [0, 0.05) is 10.4 Å². The molecule has 0 radical (unpaired) electrons. The highest BCUT2D eigenvalue weighted by molar-refractivity contribution is 6.31. The van der Waals surface area contributed by atoms with Gasteiger partial charge < -0.3 is 5.11 Å². The Labute approximate surface area is 128 Å². The number of fused-ring (bicyclic) bond motifs is 1. The Morgan fingerprint density at radius 2 is 1.86 bits per heavy atom. The summed E-state index contributed by atoms with van der Waals surface area (Å²) in [6.45, 7) is 0.104. The van der Waals surface area contributed by atoms with Crippen LogP contribution in [0, 0.1) is 11.6 Å². The number of aromatic carboxylic acids is 1. The summed E-state index contributed by atoms with van der Waals surface area (Å²) in [5.74, 6) is -2.19. The van der Waals surface area contributed by atoms with Crippen LogP contribution in [0.3, 0.4) is 0 Å². The van der Waals surface area contributed by atoms with Crippen LogP contribution < -0.4 is 0 Å². The van der Waals surface area contributed by atoms with Crippen molar-refractivity contribution in [1.82, 2.24) is 9.78 Å². The van der Waals surface area contributed by atoms with Crippen LogP contribution >= 0.6 is 11.6 Å². The first-order valence-corrected chi connectivity index (χ1v) is 6.67. The summed E-state index contributed by atoms with van der Waals surface area (Å²) in [6.07, 6.45) is 0. The SMILES string of the molecule is O=C(O)c1nn(Cc2ccc(F)cc2Cl)c2cc(F)ccc12. The minimum absolute atomic E-state index is 0.104. The smallest absolute Gasteiger partial charge is 0.357 e. The molecule has 0 saturated heterocycles. The van der Waals surface area contributed by atoms with Crippen molar-refractivity contribution in [3.63, 3.8) is 0 Å². The first kappa shape index (κ1) is 14.5. The van der Waals surface area contributed by atoms with E-state index < -0.39 is 17.6 Å². The molecule has 3 aromatic rings. The summed E-state index contributed by atoms with van der Waals surface area (Å²) in [7, 11) is 0. The molecule has 0 fully saturated rings. The van der Waals surface area contributed by atoms with E-state index in [4.69, 9.17) is 11.6 Å². The van der Waals surface area contributed by atoms with Crippen molar-refractivity contribution in [3.8, 4) is 0 Å². The lowest BCUT2D eigenvalue weighted by atomic mass is 10.2. The largest absolute Gasteiger partial charge is 0.476 e. The van der Waals surface area contributed by atoms with E-state index in [0.29, 0.717) is 16.5 Å². The zero-order valence-corrected chi connectivity index (χ0v) is 11.8. The molecule has 0 amide bonds. The van der Waals surface area contributed by atoms with Gasteiger partial charge in [0.2, 0.25) is 0 Å². The number of benzene rings is 2. The lowest BCUT2D eigenvalue weighted by Gasteiger charge is -2.06. The van der Waals surface area contributed by atoms with Gasteiger partial charge >= 0.3 is 5.97 Å². The van der Waals surface area contributed by atoms with Crippen molar-refractivity contribution in [2.24, 2.45) is 0 Å². The van der Waals surface area contributed by atoms with Crippen LogP contribution in [0.4, 0.5) is 8.78 Å². The minimum Gasteiger partial charge on any atom is -0.476 e. The zero-order chi connectivity index (χ0) is 15.9. The van der Waals surface area contributed by atoms with E-state index >= 15 is 0 Å². The Bertz CT molecular complexity index is 893. The number of hydrogen-bond donors (Lipinski definition) is 1. The monoisotopic (exact) mass is 322 g/mol. The van der Waals surface area contributed by atoms with E-state index in [1.807, 2.05) is 0 Å². The van der Waals surface area contributed by atoms with E-state index in [1.54, 1.807) is 0 Å². The highest BCUT2D eigenvalue weighted by Crippen LogP contribution is 2.23. The fraction of sp³-hybridized carbons (Fsp3) is 0.0667. The lowest BCUT2D eigenvalue weighted by molar-refractivity contribution is 0.0691. The topological polar surface area (TPSA) is 55.1 Å². The maximum atomic E-state index is 13.4. The third kappa shape index (κ3) is 2.53. The molecule has 1 aromatic heterocycles. The number of carbonyl (C=O) groups is 1. The number of carboxylic acid groups (broad SMARTS) is 1. The molecular formula is C15H9ClF2N2O2. The van der Waals surface area contributed by atoms with E-state index in [1.165, 1.54) is 35.0 Å². The quantitative estimate of drug-likeness (QED) is 0.799. The van der Waals surface area contributed by atoms with Gasteiger partial charge in [0.05, 0.1) is 12.1 Å². The minimum atomic E-state index is -1.21. The molecule has 0 aliphatic heterocycles. The Morgan fingerprint density at radius 3 is 2.55 bits per heavy atom. The van der Waals surface area contributed by atoms with Gasteiger partial charge in [0.25, 0.3) is 0 Å². The van der Waals surface area contributed by atoms with Crippen LogP contribution in [0.1, 0.15) is 16.1 Å². The van der Waals surface area contributed by atoms with E-state index in [-0.39, 0.29) is 17.3 Å². The third-order valence-electron chi connectivity index (χ3n) is 3.25. The van der Waals surface area contributed by atoms with Crippen LogP contribution in [0.2, 0.25) is 5.02 Å². The summed E-state index contributed by atoms with van der Waals surface area (Å²) in [5.41, 5.74) is 0.708. The normalized spacial score (nSPS) is 11.0. The average Bonchev–Trinajstić information content (AvgIpc) is 2.80. The van der Waals surface area contributed by atoms with E-state index in [9.17, 15) is 18.7 Å². The van der Waals surface area contributed by atoms with Gasteiger partial charge in [-0.25, -0.2) is 13.6 Å². The van der Waals surface area contributed by atoms with Gasteiger partial charge in [0.15, 0.2) is 5.69 Å². The number of rotatable bonds is 3. The van der Waals surface area contributed by atoms with Crippen molar-refractivity contribution in [2.75, 3.05) is 0 Å². The molecule has 2 aromatic carbocycles. The van der Waals surface area contributed by atoms with Crippen molar-refractivity contribution >= 4 is 28.5 Å². The predicted molar refractivity (Wildman–Crippen MR) is 77.2 cm³/mol. The molecule has 112 valence electrons. The Hall–Kier alpha value is -2.47. The number of carboxylic acids is 1. The van der Waals surface area contributed by atoms with Gasteiger partial charge in [-0.2, -0.15) is 5.10 Å². The Kier molecular flexibility index (Phi) is 3.54. The van der Waals surface area contributed by atoms with Gasteiger partial charge in [-0.1, -0.05) is 17.7 Å². The molecule has 1 N–H and O–H groups in total.